The molecule has 8 nitrogen and oxygen atoms in total. The molecular formula is C23H22FN5O3. The summed E-state index contributed by atoms with van der Waals surface area (Å²) in [6.07, 6.45) is 1.88. The van der Waals surface area contributed by atoms with E-state index in [-0.39, 0.29) is 18.2 Å². The monoisotopic (exact) mass is 435 g/mol. The number of rotatable bonds is 5. The van der Waals surface area contributed by atoms with Gasteiger partial charge in [0, 0.05) is 38.8 Å². The molecule has 0 radical (unpaired) electrons. The third-order valence-electron chi connectivity index (χ3n) is 5.68. The fraction of sp³-hybridized carbons (Fsp3) is 0.261. The highest BCUT2D eigenvalue weighted by Gasteiger charge is 2.23. The van der Waals surface area contributed by atoms with Crippen LogP contribution in [0.15, 0.2) is 48.7 Å². The van der Waals surface area contributed by atoms with Crippen LogP contribution in [-0.2, 0) is 6.42 Å². The van der Waals surface area contributed by atoms with Crippen molar-refractivity contribution in [2.75, 3.05) is 42.8 Å². The van der Waals surface area contributed by atoms with Crippen LogP contribution in [-0.4, -0.2) is 48.8 Å². The van der Waals surface area contributed by atoms with Crippen LogP contribution in [0.5, 0.6) is 11.5 Å². The summed E-state index contributed by atoms with van der Waals surface area (Å²) in [7, 11) is 0. The first-order valence-electron chi connectivity index (χ1n) is 10.4. The summed E-state index contributed by atoms with van der Waals surface area (Å²) in [5.74, 6) is 1.09. The van der Waals surface area contributed by atoms with E-state index in [1.54, 1.807) is 12.1 Å². The minimum Gasteiger partial charge on any atom is -0.454 e. The molecule has 2 aliphatic heterocycles. The lowest BCUT2D eigenvalue weighted by molar-refractivity contribution is 0.0998. The SMILES string of the molecule is NC(=O)c1cnc(N2CCN(c3ccccc3F)CC2)nc1Cc1ccc2c(c1)OCO2. The van der Waals surface area contributed by atoms with Gasteiger partial charge in [-0.2, -0.15) is 0 Å². The van der Waals surface area contributed by atoms with Crippen LogP contribution >= 0.6 is 0 Å². The molecule has 3 aromatic rings. The number of piperazine rings is 1. The molecule has 0 unspecified atom stereocenters. The second-order valence-electron chi connectivity index (χ2n) is 7.68. The van der Waals surface area contributed by atoms with E-state index in [0.717, 1.165) is 5.56 Å². The summed E-state index contributed by atoms with van der Waals surface area (Å²) >= 11 is 0. The molecular weight excluding hydrogens is 413 g/mol. The third-order valence-corrected chi connectivity index (χ3v) is 5.68. The molecule has 1 saturated heterocycles. The maximum Gasteiger partial charge on any atom is 0.252 e. The van der Waals surface area contributed by atoms with Gasteiger partial charge in [-0.15, -0.1) is 0 Å². The zero-order chi connectivity index (χ0) is 22.1. The van der Waals surface area contributed by atoms with Crippen LogP contribution < -0.4 is 25.0 Å². The Kier molecular flexibility index (Phi) is 5.22. The molecule has 1 fully saturated rings. The lowest BCUT2D eigenvalue weighted by Crippen LogP contribution is -2.47. The van der Waals surface area contributed by atoms with Gasteiger partial charge in [-0.25, -0.2) is 14.4 Å². The fourth-order valence-corrected chi connectivity index (χ4v) is 4.00. The van der Waals surface area contributed by atoms with E-state index in [1.165, 1.54) is 12.3 Å². The van der Waals surface area contributed by atoms with Gasteiger partial charge in [0.25, 0.3) is 5.91 Å². The van der Waals surface area contributed by atoms with E-state index >= 15 is 0 Å². The number of halogens is 1. The van der Waals surface area contributed by atoms with Crippen molar-refractivity contribution in [2.24, 2.45) is 5.73 Å². The molecule has 0 spiro atoms. The molecule has 3 heterocycles. The Labute approximate surface area is 184 Å². The third kappa shape index (κ3) is 3.89. The highest BCUT2D eigenvalue weighted by Crippen LogP contribution is 2.33. The number of carbonyl (C=O) groups is 1. The molecule has 2 N–H and O–H groups in total. The second kappa shape index (κ2) is 8.33. The number of amides is 1. The fourth-order valence-electron chi connectivity index (χ4n) is 4.00. The number of hydrogen-bond acceptors (Lipinski definition) is 7. The van der Waals surface area contributed by atoms with Crippen LogP contribution in [0, 0.1) is 5.82 Å². The summed E-state index contributed by atoms with van der Waals surface area (Å²) < 4.78 is 24.9. The molecule has 9 heteroatoms. The minimum atomic E-state index is -0.573. The van der Waals surface area contributed by atoms with Gasteiger partial charge < -0.3 is 25.0 Å². The van der Waals surface area contributed by atoms with Crippen molar-refractivity contribution in [1.29, 1.82) is 0 Å². The maximum atomic E-state index is 14.1. The van der Waals surface area contributed by atoms with Crippen molar-refractivity contribution in [3.63, 3.8) is 0 Å². The zero-order valence-corrected chi connectivity index (χ0v) is 17.3. The smallest absolute Gasteiger partial charge is 0.252 e. The standard InChI is InChI=1S/C23H22FN5O3/c24-17-3-1-2-4-19(17)28-7-9-29(10-8-28)23-26-13-16(22(25)30)18(27-23)11-15-5-6-20-21(12-15)32-14-31-20/h1-6,12-13H,7-11,14H2,(H2,25,30). The molecule has 0 saturated carbocycles. The Morgan fingerprint density at radius 1 is 1.03 bits per heavy atom. The summed E-state index contributed by atoms with van der Waals surface area (Å²) in [5, 5.41) is 0. The van der Waals surface area contributed by atoms with Crippen molar-refractivity contribution in [3.8, 4) is 11.5 Å². The van der Waals surface area contributed by atoms with Gasteiger partial charge in [0.1, 0.15) is 5.82 Å². The number of nitrogens with zero attached hydrogens (tertiary/aromatic N) is 4. The van der Waals surface area contributed by atoms with Gasteiger partial charge in [-0.05, 0) is 29.8 Å². The number of benzene rings is 2. The number of primary amides is 1. The van der Waals surface area contributed by atoms with E-state index in [4.69, 9.17) is 15.2 Å². The number of hydrogen-bond donors (Lipinski definition) is 1. The average Bonchev–Trinajstić information content (AvgIpc) is 3.27. The average molecular weight is 435 g/mol. The molecule has 1 amide bonds. The first-order chi connectivity index (χ1) is 15.6. The highest BCUT2D eigenvalue weighted by atomic mass is 19.1. The van der Waals surface area contributed by atoms with Gasteiger partial charge >= 0.3 is 0 Å². The van der Waals surface area contributed by atoms with Crippen LogP contribution in [0.4, 0.5) is 16.0 Å². The molecule has 0 atom stereocenters. The van der Waals surface area contributed by atoms with Crippen LogP contribution in [0.25, 0.3) is 0 Å². The van der Waals surface area contributed by atoms with Crippen LogP contribution in [0.2, 0.25) is 0 Å². The Hall–Kier alpha value is -3.88. The van der Waals surface area contributed by atoms with Gasteiger partial charge in [0.05, 0.1) is 16.9 Å². The van der Waals surface area contributed by atoms with Gasteiger partial charge in [0.2, 0.25) is 12.7 Å². The maximum absolute atomic E-state index is 14.1. The molecule has 2 aromatic carbocycles. The first kappa shape index (κ1) is 20.0. The zero-order valence-electron chi connectivity index (χ0n) is 17.3. The van der Waals surface area contributed by atoms with Crippen LogP contribution in [0.1, 0.15) is 21.6 Å². The normalized spacial score (nSPS) is 15.2. The quantitative estimate of drug-likeness (QED) is 0.658. The summed E-state index contributed by atoms with van der Waals surface area (Å²) in [6.45, 7) is 2.74. The summed E-state index contributed by atoms with van der Waals surface area (Å²) in [6, 6.07) is 12.4. The van der Waals surface area contributed by atoms with Crippen molar-refractivity contribution >= 4 is 17.5 Å². The second-order valence-corrected chi connectivity index (χ2v) is 7.68. The molecule has 5 rings (SSSR count). The first-order valence-corrected chi connectivity index (χ1v) is 10.4. The Morgan fingerprint density at radius 2 is 1.78 bits per heavy atom. The van der Waals surface area contributed by atoms with Crippen molar-refractivity contribution < 1.29 is 18.7 Å². The van der Waals surface area contributed by atoms with E-state index in [9.17, 15) is 9.18 Å². The molecule has 0 bridgehead atoms. The van der Waals surface area contributed by atoms with Crippen molar-refractivity contribution in [3.05, 3.63) is 71.3 Å². The lowest BCUT2D eigenvalue weighted by Gasteiger charge is -2.36. The largest absolute Gasteiger partial charge is 0.454 e. The van der Waals surface area contributed by atoms with Gasteiger partial charge in [-0.1, -0.05) is 18.2 Å². The molecule has 0 aliphatic carbocycles. The number of aromatic nitrogens is 2. The molecule has 164 valence electrons. The Morgan fingerprint density at radius 3 is 2.56 bits per heavy atom. The molecule has 1 aromatic heterocycles. The minimum absolute atomic E-state index is 0.196. The number of fused-ring (bicyclic) bond motifs is 1. The number of para-hydroxylation sites is 1. The number of anilines is 2. The van der Waals surface area contributed by atoms with E-state index in [0.29, 0.717) is 61.4 Å². The van der Waals surface area contributed by atoms with Crippen molar-refractivity contribution in [2.45, 2.75) is 6.42 Å². The van der Waals surface area contributed by atoms with E-state index < -0.39 is 5.91 Å². The van der Waals surface area contributed by atoms with Crippen LogP contribution in [0.3, 0.4) is 0 Å². The number of nitrogens with two attached hydrogens (primary N) is 1. The summed E-state index contributed by atoms with van der Waals surface area (Å²) in [5.41, 5.74) is 7.93. The molecule has 32 heavy (non-hydrogen) atoms. The predicted molar refractivity (Wildman–Crippen MR) is 117 cm³/mol. The summed E-state index contributed by atoms with van der Waals surface area (Å²) in [4.78, 5) is 25.1. The number of ether oxygens (including phenoxy) is 2. The van der Waals surface area contributed by atoms with Gasteiger partial charge in [0.15, 0.2) is 11.5 Å². The lowest BCUT2D eigenvalue weighted by atomic mass is 10.1. The molecule has 2 aliphatic rings. The van der Waals surface area contributed by atoms with Gasteiger partial charge in [-0.3, -0.25) is 4.79 Å². The predicted octanol–water partition coefficient (Wildman–Crippen LogP) is 2.36. The Bertz CT molecular complexity index is 1160. The number of carbonyl (C=O) groups excluding carboxylic acids is 1. The van der Waals surface area contributed by atoms with E-state index in [1.807, 2.05) is 34.1 Å². The topological polar surface area (TPSA) is 93.8 Å². The Balaban J connectivity index is 1.35. The highest BCUT2D eigenvalue weighted by molar-refractivity contribution is 5.93. The van der Waals surface area contributed by atoms with E-state index in [2.05, 4.69) is 9.97 Å². The van der Waals surface area contributed by atoms with Crippen molar-refractivity contribution in [1.82, 2.24) is 9.97 Å².